The van der Waals surface area contributed by atoms with E-state index in [1.165, 1.54) is 12.3 Å². The molecule has 2 aromatic rings. The van der Waals surface area contributed by atoms with Crippen molar-refractivity contribution in [1.82, 2.24) is 15.3 Å². The molecule has 0 fully saturated rings. The first kappa shape index (κ1) is 16.6. The zero-order valence-electron chi connectivity index (χ0n) is 13.6. The molecule has 1 N–H and O–H groups in total. The number of amides is 1. The lowest BCUT2D eigenvalue weighted by atomic mass is 9.85. The van der Waals surface area contributed by atoms with Crippen LogP contribution in [-0.4, -0.2) is 15.9 Å². The number of aromatic nitrogens is 2. The molecule has 1 atom stereocenters. The standard InChI is InChI=1S/C18H20N4O/c1-18(2,3)9-16(13-5-4-8-20-11-13)22-17(23)14-6-7-15(10-19)21-12-14/h4-8,11-12,16H,9H2,1-3H3,(H,22,23). The van der Waals surface area contributed by atoms with Gasteiger partial charge in [0.25, 0.3) is 5.91 Å². The Bertz CT molecular complexity index is 697. The molecule has 0 saturated carbocycles. The third kappa shape index (κ3) is 4.89. The fraction of sp³-hybridized carbons (Fsp3) is 0.333. The van der Waals surface area contributed by atoms with Crippen LogP contribution in [0, 0.1) is 16.7 Å². The molecule has 0 radical (unpaired) electrons. The summed E-state index contributed by atoms with van der Waals surface area (Å²) < 4.78 is 0. The number of nitriles is 1. The van der Waals surface area contributed by atoms with Gasteiger partial charge in [0, 0.05) is 18.6 Å². The van der Waals surface area contributed by atoms with Gasteiger partial charge in [-0.05, 0) is 35.6 Å². The number of nitrogens with zero attached hydrogens (tertiary/aromatic N) is 3. The molecule has 1 amide bonds. The van der Waals surface area contributed by atoms with Crippen molar-refractivity contribution in [2.24, 2.45) is 5.41 Å². The maximum absolute atomic E-state index is 12.5. The van der Waals surface area contributed by atoms with Gasteiger partial charge in [0.1, 0.15) is 11.8 Å². The quantitative estimate of drug-likeness (QED) is 0.940. The highest BCUT2D eigenvalue weighted by atomic mass is 16.1. The van der Waals surface area contributed by atoms with Gasteiger partial charge in [0.05, 0.1) is 11.6 Å². The van der Waals surface area contributed by atoms with Crippen molar-refractivity contribution in [3.8, 4) is 6.07 Å². The molecular formula is C18H20N4O. The van der Waals surface area contributed by atoms with Crippen LogP contribution >= 0.6 is 0 Å². The smallest absolute Gasteiger partial charge is 0.253 e. The minimum Gasteiger partial charge on any atom is -0.345 e. The van der Waals surface area contributed by atoms with Crippen LogP contribution in [0.4, 0.5) is 0 Å². The lowest BCUT2D eigenvalue weighted by Crippen LogP contribution is -2.31. The molecule has 0 bridgehead atoms. The van der Waals surface area contributed by atoms with Gasteiger partial charge in [-0.15, -0.1) is 0 Å². The highest BCUT2D eigenvalue weighted by Gasteiger charge is 2.22. The van der Waals surface area contributed by atoms with E-state index >= 15 is 0 Å². The Balaban J connectivity index is 2.19. The maximum atomic E-state index is 12.5. The zero-order valence-corrected chi connectivity index (χ0v) is 13.6. The van der Waals surface area contributed by atoms with E-state index in [0.717, 1.165) is 12.0 Å². The van der Waals surface area contributed by atoms with Crippen LogP contribution in [-0.2, 0) is 0 Å². The predicted molar refractivity (Wildman–Crippen MR) is 87.5 cm³/mol. The van der Waals surface area contributed by atoms with Crippen molar-refractivity contribution in [1.29, 1.82) is 5.26 Å². The van der Waals surface area contributed by atoms with Crippen molar-refractivity contribution in [3.63, 3.8) is 0 Å². The molecule has 5 nitrogen and oxygen atoms in total. The molecule has 0 aliphatic carbocycles. The van der Waals surface area contributed by atoms with Crippen molar-refractivity contribution >= 4 is 5.91 Å². The predicted octanol–water partition coefficient (Wildman–Crippen LogP) is 3.26. The van der Waals surface area contributed by atoms with Gasteiger partial charge < -0.3 is 5.32 Å². The molecule has 1 unspecified atom stereocenters. The van der Waals surface area contributed by atoms with Crippen LogP contribution in [0.3, 0.4) is 0 Å². The van der Waals surface area contributed by atoms with Gasteiger partial charge in [-0.3, -0.25) is 9.78 Å². The van der Waals surface area contributed by atoms with Crippen molar-refractivity contribution in [3.05, 3.63) is 59.7 Å². The number of hydrogen-bond donors (Lipinski definition) is 1. The first-order valence-electron chi connectivity index (χ1n) is 7.46. The summed E-state index contributed by atoms with van der Waals surface area (Å²) in [6, 6.07) is 8.78. The highest BCUT2D eigenvalue weighted by Crippen LogP contribution is 2.29. The van der Waals surface area contributed by atoms with E-state index in [0.29, 0.717) is 11.3 Å². The van der Waals surface area contributed by atoms with E-state index in [2.05, 4.69) is 36.1 Å². The summed E-state index contributed by atoms with van der Waals surface area (Å²) in [7, 11) is 0. The summed E-state index contributed by atoms with van der Waals surface area (Å²) in [5, 5.41) is 11.8. The average Bonchev–Trinajstić information content (AvgIpc) is 2.54. The van der Waals surface area contributed by atoms with Gasteiger partial charge in [-0.1, -0.05) is 26.8 Å². The Morgan fingerprint density at radius 1 is 1.30 bits per heavy atom. The van der Waals surface area contributed by atoms with E-state index in [9.17, 15) is 4.79 Å². The molecule has 0 aliphatic rings. The van der Waals surface area contributed by atoms with Gasteiger partial charge in [-0.2, -0.15) is 5.26 Å². The van der Waals surface area contributed by atoms with Crippen LogP contribution in [0.1, 0.15) is 54.8 Å². The second-order valence-corrected chi connectivity index (χ2v) is 6.62. The lowest BCUT2D eigenvalue weighted by molar-refractivity contribution is 0.0926. The van der Waals surface area contributed by atoms with Crippen LogP contribution < -0.4 is 5.32 Å². The van der Waals surface area contributed by atoms with Crippen molar-refractivity contribution < 1.29 is 4.79 Å². The Labute approximate surface area is 136 Å². The average molecular weight is 308 g/mol. The molecule has 0 aromatic carbocycles. The fourth-order valence-electron chi connectivity index (χ4n) is 2.28. The third-order valence-corrected chi connectivity index (χ3v) is 3.35. The monoisotopic (exact) mass is 308 g/mol. The summed E-state index contributed by atoms with van der Waals surface area (Å²) in [4.78, 5) is 20.5. The van der Waals surface area contributed by atoms with Crippen molar-refractivity contribution in [2.75, 3.05) is 0 Å². The van der Waals surface area contributed by atoms with Gasteiger partial charge in [0.15, 0.2) is 0 Å². The largest absolute Gasteiger partial charge is 0.345 e. The molecule has 118 valence electrons. The Morgan fingerprint density at radius 3 is 2.61 bits per heavy atom. The zero-order chi connectivity index (χ0) is 16.9. The normalized spacial score (nSPS) is 12.3. The number of nitrogens with one attached hydrogen (secondary N) is 1. The lowest BCUT2D eigenvalue weighted by Gasteiger charge is -2.27. The molecule has 23 heavy (non-hydrogen) atoms. The van der Waals surface area contributed by atoms with Gasteiger partial charge in [0.2, 0.25) is 0 Å². The molecule has 2 heterocycles. The summed E-state index contributed by atoms with van der Waals surface area (Å²) in [5.74, 6) is -0.208. The number of carbonyl (C=O) groups is 1. The first-order chi connectivity index (χ1) is 10.9. The van der Waals surface area contributed by atoms with Crippen molar-refractivity contribution in [2.45, 2.75) is 33.2 Å². The van der Waals surface area contributed by atoms with Gasteiger partial charge in [-0.25, -0.2) is 4.98 Å². The van der Waals surface area contributed by atoms with Crippen LogP contribution in [0.25, 0.3) is 0 Å². The molecule has 5 heteroatoms. The SMILES string of the molecule is CC(C)(C)CC(NC(=O)c1ccc(C#N)nc1)c1cccnc1. The third-order valence-electron chi connectivity index (χ3n) is 3.35. The molecule has 2 rings (SSSR count). The molecule has 0 spiro atoms. The first-order valence-corrected chi connectivity index (χ1v) is 7.46. The van der Waals surface area contributed by atoms with E-state index in [1.54, 1.807) is 18.5 Å². The molecular weight excluding hydrogens is 288 g/mol. The summed E-state index contributed by atoms with van der Waals surface area (Å²) in [6.07, 6.45) is 5.69. The summed E-state index contributed by atoms with van der Waals surface area (Å²) >= 11 is 0. The summed E-state index contributed by atoms with van der Waals surface area (Å²) in [5.41, 5.74) is 1.75. The van der Waals surface area contributed by atoms with E-state index in [1.807, 2.05) is 18.2 Å². The Kier molecular flexibility index (Phi) is 5.07. The molecule has 0 saturated heterocycles. The minimum atomic E-state index is -0.208. The number of carbonyl (C=O) groups excluding carboxylic acids is 1. The Morgan fingerprint density at radius 2 is 2.09 bits per heavy atom. The highest BCUT2D eigenvalue weighted by molar-refractivity contribution is 5.94. The van der Waals surface area contributed by atoms with Crippen LogP contribution in [0.5, 0.6) is 0 Å². The number of rotatable bonds is 4. The van der Waals surface area contributed by atoms with Crippen LogP contribution in [0.2, 0.25) is 0 Å². The maximum Gasteiger partial charge on any atom is 0.253 e. The minimum absolute atomic E-state index is 0.0523. The molecule has 2 aromatic heterocycles. The second-order valence-electron chi connectivity index (χ2n) is 6.62. The molecule has 0 aliphatic heterocycles. The summed E-state index contributed by atoms with van der Waals surface area (Å²) in [6.45, 7) is 6.39. The van der Waals surface area contributed by atoms with E-state index < -0.39 is 0 Å². The number of pyridine rings is 2. The van der Waals surface area contributed by atoms with Gasteiger partial charge >= 0.3 is 0 Å². The Hall–Kier alpha value is -2.74. The van der Waals surface area contributed by atoms with Crippen LogP contribution in [0.15, 0.2) is 42.9 Å². The van der Waals surface area contributed by atoms with E-state index in [-0.39, 0.29) is 17.4 Å². The second kappa shape index (κ2) is 7.01. The topological polar surface area (TPSA) is 78.7 Å². The van der Waals surface area contributed by atoms with E-state index in [4.69, 9.17) is 5.26 Å². The fourth-order valence-corrected chi connectivity index (χ4v) is 2.28. The number of hydrogen-bond acceptors (Lipinski definition) is 4.